The molecule has 0 atom stereocenters. The number of hydrogen-bond donors (Lipinski definition) is 1. The van der Waals surface area contributed by atoms with Crippen LogP contribution in [0.1, 0.15) is 10.7 Å². The van der Waals surface area contributed by atoms with Crippen molar-refractivity contribution in [1.82, 2.24) is 4.98 Å². The van der Waals surface area contributed by atoms with Gasteiger partial charge in [-0.2, -0.15) is 0 Å². The summed E-state index contributed by atoms with van der Waals surface area (Å²) in [4.78, 5) is 17.8. The van der Waals surface area contributed by atoms with Crippen molar-refractivity contribution in [3.63, 3.8) is 0 Å². The highest BCUT2D eigenvalue weighted by Crippen LogP contribution is 2.25. The number of carbonyl (C=O) groups excluding carboxylic acids is 1. The molecule has 0 aliphatic heterocycles. The fraction of sp³-hybridized carbons (Fsp3) is 0.111. The molecule has 122 valence electrons. The van der Waals surface area contributed by atoms with Gasteiger partial charge in [-0.05, 0) is 36.4 Å². The molecule has 3 aromatic rings. The Bertz CT molecular complexity index is 803. The van der Waals surface area contributed by atoms with Crippen molar-refractivity contribution < 1.29 is 4.79 Å². The molecule has 1 aromatic heterocycles. The fourth-order valence-corrected chi connectivity index (χ4v) is 4.00. The number of para-hydroxylation sites is 1. The molecule has 2 aromatic carbocycles. The maximum atomic E-state index is 12.0. The van der Waals surface area contributed by atoms with Crippen LogP contribution in [0.2, 0.25) is 0 Å². The monoisotopic (exact) mass is 418 g/mol. The Labute approximate surface area is 157 Å². The van der Waals surface area contributed by atoms with E-state index in [4.69, 9.17) is 0 Å². The highest BCUT2D eigenvalue weighted by atomic mass is 79.9. The van der Waals surface area contributed by atoms with Gasteiger partial charge in [-0.25, -0.2) is 4.98 Å². The standard InChI is InChI=1S/C18H15BrN2OS2/c19-13-6-8-16(9-7-13)23-11-15-12-24-18(21-15)10-17(22)20-14-4-2-1-3-5-14/h1-9,12H,10-11H2,(H,20,22). The molecular formula is C18H15BrN2OS2. The number of hydrogen-bond acceptors (Lipinski definition) is 4. The van der Waals surface area contributed by atoms with Crippen LogP contribution in [0.3, 0.4) is 0 Å². The summed E-state index contributed by atoms with van der Waals surface area (Å²) >= 11 is 6.71. The number of nitrogens with one attached hydrogen (secondary N) is 1. The van der Waals surface area contributed by atoms with Gasteiger partial charge >= 0.3 is 0 Å². The third-order valence-electron chi connectivity index (χ3n) is 3.17. The summed E-state index contributed by atoms with van der Waals surface area (Å²) in [6.07, 6.45) is 0.308. The summed E-state index contributed by atoms with van der Waals surface area (Å²) in [6, 6.07) is 17.7. The number of benzene rings is 2. The van der Waals surface area contributed by atoms with Gasteiger partial charge in [0.25, 0.3) is 0 Å². The van der Waals surface area contributed by atoms with Crippen LogP contribution in [-0.4, -0.2) is 10.9 Å². The number of anilines is 1. The zero-order valence-electron chi connectivity index (χ0n) is 12.7. The van der Waals surface area contributed by atoms with Crippen molar-refractivity contribution in [1.29, 1.82) is 0 Å². The van der Waals surface area contributed by atoms with Crippen LogP contribution < -0.4 is 5.32 Å². The first-order valence-electron chi connectivity index (χ1n) is 7.35. The average molecular weight is 419 g/mol. The number of amides is 1. The lowest BCUT2D eigenvalue weighted by Gasteiger charge is -2.03. The number of thiazole rings is 1. The molecule has 0 unspecified atom stereocenters. The maximum absolute atomic E-state index is 12.0. The van der Waals surface area contributed by atoms with E-state index >= 15 is 0 Å². The molecule has 6 heteroatoms. The Morgan fingerprint density at radius 1 is 1.12 bits per heavy atom. The van der Waals surface area contributed by atoms with E-state index in [-0.39, 0.29) is 5.91 Å². The van der Waals surface area contributed by atoms with Crippen LogP contribution >= 0.6 is 39.0 Å². The molecule has 0 radical (unpaired) electrons. The van der Waals surface area contributed by atoms with Crippen molar-refractivity contribution in [3.8, 4) is 0 Å². The van der Waals surface area contributed by atoms with Crippen molar-refractivity contribution in [3.05, 3.63) is 75.2 Å². The summed E-state index contributed by atoms with van der Waals surface area (Å²) in [5.74, 6) is 0.765. The van der Waals surface area contributed by atoms with E-state index in [1.807, 2.05) is 47.8 Å². The Hall–Kier alpha value is -1.63. The zero-order chi connectivity index (χ0) is 16.8. The van der Waals surface area contributed by atoms with Crippen LogP contribution in [0.15, 0.2) is 69.3 Å². The van der Waals surface area contributed by atoms with Gasteiger partial charge in [0.05, 0.1) is 12.1 Å². The Morgan fingerprint density at radius 3 is 2.62 bits per heavy atom. The van der Waals surface area contributed by atoms with Gasteiger partial charge in [0.1, 0.15) is 5.01 Å². The summed E-state index contributed by atoms with van der Waals surface area (Å²) < 4.78 is 1.08. The first-order valence-corrected chi connectivity index (χ1v) is 10.0. The molecule has 0 aliphatic carbocycles. The third kappa shape index (κ3) is 5.19. The van der Waals surface area contributed by atoms with Crippen molar-refractivity contribution >= 4 is 50.6 Å². The van der Waals surface area contributed by atoms with E-state index in [1.54, 1.807) is 11.8 Å². The normalized spacial score (nSPS) is 10.5. The predicted octanol–water partition coefficient (Wildman–Crippen LogP) is 5.38. The van der Waals surface area contributed by atoms with Crippen molar-refractivity contribution in [2.45, 2.75) is 17.1 Å². The molecule has 0 bridgehead atoms. The molecule has 1 amide bonds. The first-order chi connectivity index (χ1) is 11.7. The number of nitrogens with zero attached hydrogens (tertiary/aromatic N) is 1. The number of carbonyl (C=O) groups is 1. The van der Waals surface area contributed by atoms with Gasteiger partial charge in [0, 0.05) is 26.2 Å². The first kappa shape index (κ1) is 17.2. The fourth-order valence-electron chi connectivity index (χ4n) is 2.05. The number of thioether (sulfide) groups is 1. The lowest BCUT2D eigenvalue weighted by Crippen LogP contribution is -2.14. The highest BCUT2D eigenvalue weighted by Gasteiger charge is 2.09. The molecule has 0 saturated carbocycles. The lowest BCUT2D eigenvalue weighted by atomic mass is 10.3. The Kier molecular flexibility index (Phi) is 6.07. The van der Waals surface area contributed by atoms with E-state index in [0.717, 1.165) is 26.6 Å². The lowest BCUT2D eigenvalue weighted by molar-refractivity contribution is -0.115. The molecule has 3 rings (SSSR count). The molecular weight excluding hydrogens is 404 g/mol. The van der Waals surface area contributed by atoms with Crippen LogP contribution in [-0.2, 0) is 17.0 Å². The molecule has 1 heterocycles. The van der Waals surface area contributed by atoms with E-state index < -0.39 is 0 Å². The minimum Gasteiger partial charge on any atom is -0.326 e. The van der Waals surface area contributed by atoms with Crippen molar-refractivity contribution in [2.75, 3.05) is 5.32 Å². The Morgan fingerprint density at radius 2 is 1.88 bits per heavy atom. The number of halogens is 1. The van der Waals surface area contributed by atoms with Gasteiger partial charge < -0.3 is 5.32 Å². The van der Waals surface area contributed by atoms with E-state index in [2.05, 4.69) is 38.4 Å². The summed E-state index contributed by atoms with van der Waals surface area (Å²) in [7, 11) is 0. The molecule has 3 nitrogen and oxygen atoms in total. The van der Waals surface area contributed by atoms with Crippen LogP contribution in [0.5, 0.6) is 0 Å². The van der Waals surface area contributed by atoms with Gasteiger partial charge in [-0.3, -0.25) is 4.79 Å². The SMILES string of the molecule is O=C(Cc1nc(CSc2ccc(Br)cc2)cs1)Nc1ccccc1. The second-order valence-electron chi connectivity index (χ2n) is 5.07. The Balaban J connectivity index is 1.51. The van der Waals surface area contributed by atoms with Gasteiger partial charge in [-0.1, -0.05) is 34.1 Å². The molecule has 0 fully saturated rings. The number of rotatable bonds is 6. The number of aromatic nitrogens is 1. The van der Waals surface area contributed by atoms with Crippen LogP contribution in [0.25, 0.3) is 0 Å². The second kappa shape index (κ2) is 8.46. The largest absolute Gasteiger partial charge is 0.326 e. The predicted molar refractivity (Wildman–Crippen MR) is 105 cm³/mol. The molecule has 0 saturated heterocycles. The van der Waals surface area contributed by atoms with Gasteiger partial charge in [0.15, 0.2) is 0 Å². The van der Waals surface area contributed by atoms with Gasteiger partial charge in [-0.15, -0.1) is 23.1 Å². The minimum absolute atomic E-state index is 0.0392. The van der Waals surface area contributed by atoms with Crippen LogP contribution in [0.4, 0.5) is 5.69 Å². The topological polar surface area (TPSA) is 42.0 Å². The zero-order valence-corrected chi connectivity index (χ0v) is 16.0. The molecule has 24 heavy (non-hydrogen) atoms. The minimum atomic E-state index is -0.0392. The van der Waals surface area contributed by atoms with E-state index in [9.17, 15) is 4.79 Å². The third-order valence-corrected chi connectivity index (χ3v) is 5.64. The molecule has 1 N–H and O–H groups in total. The van der Waals surface area contributed by atoms with Gasteiger partial charge in [0.2, 0.25) is 5.91 Å². The smallest absolute Gasteiger partial charge is 0.231 e. The van der Waals surface area contributed by atoms with E-state index in [0.29, 0.717) is 6.42 Å². The van der Waals surface area contributed by atoms with Crippen molar-refractivity contribution in [2.24, 2.45) is 0 Å². The maximum Gasteiger partial charge on any atom is 0.231 e. The molecule has 0 aliphatic rings. The second-order valence-corrected chi connectivity index (χ2v) is 7.97. The van der Waals surface area contributed by atoms with Crippen LogP contribution in [0, 0.1) is 0 Å². The summed E-state index contributed by atoms with van der Waals surface area (Å²) in [6.45, 7) is 0. The summed E-state index contributed by atoms with van der Waals surface area (Å²) in [5, 5.41) is 5.75. The quantitative estimate of drug-likeness (QED) is 0.546. The van der Waals surface area contributed by atoms with E-state index in [1.165, 1.54) is 16.2 Å². The highest BCUT2D eigenvalue weighted by molar-refractivity contribution is 9.10. The molecule has 0 spiro atoms. The summed E-state index contributed by atoms with van der Waals surface area (Å²) in [5.41, 5.74) is 1.82. The average Bonchev–Trinajstić information content (AvgIpc) is 3.02.